The van der Waals surface area contributed by atoms with E-state index < -0.39 is 40.0 Å². The first-order valence-corrected chi connectivity index (χ1v) is 32.8. The Morgan fingerprint density at radius 1 is 0.642 bits per heavy atom. The third-order valence-corrected chi connectivity index (χ3v) is 25.8. The van der Waals surface area contributed by atoms with Gasteiger partial charge in [0.05, 0.1) is 63.4 Å². The fraction of sp³-hybridized carbons (Fsp3) is 0.414. The maximum absolute atomic E-state index is 14.8. The smallest absolute Gasteiger partial charge is 0.261 e. The van der Waals surface area contributed by atoms with Crippen LogP contribution in [0.15, 0.2) is 200 Å². The second-order valence-electron chi connectivity index (χ2n) is 24.7. The number of hydrogen-bond acceptors (Lipinski definition) is 9. The van der Waals surface area contributed by atoms with E-state index in [4.69, 9.17) is 32.5 Å². The molecule has 0 aromatic heterocycles. The summed E-state index contributed by atoms with van der Waals surface area (Å²) in [6.45, 7) is 23.3. The van der Waals surface area contributed by atoms with Gasteiger partial charge < -0.3 is 37.6 Å². The summed E-state index contributed by atoms with van der Waals surface area (Å²) in [7, 11) is -3.99. The van der Waals surface area contributed by atoms with E-state index in [-0.39, 0.29) is 34.7 Å². The van der Waals surface area contributed by atoms with E-state index in [2.05, 4.69) is 157 Å². The lowest BCUT2D eigenvalue weighted by molar-refractivity contribution is -0.305. The Labute approximate surface area is 486 Å². The van der Waals surface area contributed by atoms with E-state index >= 15 is 0 Å². The first-order valence-electron chi connectivity index (χ1n) is 29.0. The number of benzene rings is 6. The SMILES string of the molecule is COc1ccc(COC[C@H](O)C/C(=C\CO[Si](c2ccccc2)(c2ccccc2)C(C)(C)C)C/C=C/C(=O)C(C)(C)[C@H](C[C@H]2C[C@H](CCO[Si](c3ccccc3)(c3ccccc3)C(C)(C)C)OC(C)(C)O2)OCc2ccccc2)cc1. The number of carbonyl (C=O) groups excluding carboxylic acids is 1. The predicted octanol–water partition coefficient (Wildman–Crippen LogP) is 12.9. The molecule has 4 atom stereocenters. The highest BCUT2D eigenvalue weighted by Crippen LogP contribution is 2.40. The number of rotatable bonds is 28. The van der Waals surface area contributed by atoms with Gasteiger partial charge in [0.25, 0.3) is 16.6 Å². The molecule has 7 rings (SSSR count). The molecule has 0 radical (unpaired) electrons. The number of carbonyl (C=O) groups is 1. The van der Waals surface area contributed by atoms with Crippen LogP contribution in [-0.2, 0) is 45.8 Å². The van der Waals surface area contributed by atoms with E-state index in [9.17, 15) is 9.90 Å². The average Bonchev–Trinajstić information content (AvgIpc) is 3.16. The van der Waals surface area contributed by atoms with E-state index in [1.54, 1.807) is 13.2 Å². The molecule has 0 aliphatic carbocycles. The number of aliphatic hydroxyl groups is 1. The molecule has 1 aliphatic rings. The molecule has 1 fully saturated rings. The van der Waals surface area contributed by atoms with E-state index in [0.717, 1.165) is 22.4 Å². The summed E-state index contributed by atoms with van der Waals surface area (Å²) in [5.41, 5.74) is 1.99. The minimum absolute atomic E-state index is 0.0616. The van der Waals surface area contributed by atoms with Crippen molar-refractivity contribution in [2.75, 3.05) is 26.9 Å². The Balaban J connectivity index is 1.10. The lowest BCUT2D eigenvalue weighted by atomic mass is 9.78. The summed E-state index contributed by atoms with van der Waals surface area (Å²) in [4.78, 5) is 14.8. The van der Waals surface area contributed by atoms with Gasteiger partial charge in [0.2, 0.25) is 0 Å². The largest absolute Gasteiger partial charge is 0.497 e. The summed E-state index contributed by atoms with van der Waals surface area (Å²) in [6.07, 6.45) is 6.52. The molecular formula is C70H90O9Si2. The molecule has 0 bridgehead atoms. The van der Waals surface area contributed by atoms with Gasteiger partial charge in [0.1, 0.15) is 5.75 Å². The Morgan fingerprint density at radius 2 is 1.11 bits per heavy atom. The van der Waals surface area contributed by atoms with Gasteiger partial charge in [0.15, 0.2) is 11.6 Å². The quantitative estimate of drug-likeness (QED) is 0.0292. The molecule has 432 valence electrons. The first kappa shape index (κ1) is 63.0. The highest BCUT2D eigenvalue weighted by Gasteiger charge is 2.52. The molecule has 1 saturated heterocycles. The lowest BCUT2D eigenvalue weighted by Gasteiger charge is -2.45. The van der Waals surface area contributed by atoms with Crippen molar-refractivity contribution in [3.05, 3.63) is 211 Å². The van der Waals surface area contributed by atoms with Crippen molar-refractivity contribution < 1.29 is 42.4 Å². The third kappa shape index (κ3) is 16.6. The average molecular weight is 1130 g/mol. The van der Waals surface area contributed by atoms with Gasteiger partial charge in [-0.2, -0.15) is 0 Å². The van der Waals surface area contributed by atoms with Gasteiger partial charge in [0, 0.05) is 19.4 Å². The fourth-order valence-electron chi connectivity index (χ4n) is 11.6. The van der Waals surface area contributed by atoms with Crippen LogP contribution in [-0.4, -0.2) is 84.7 Å². The second-order valence-corrected chi connectivity index (χ2v) is 33.3. The standard InChI is InChI=1S/C70H90O9Si2/c1-67(2,3)80(61-31-19-13-20-32-61,62-33-21-14-22-34-62)76-46-44-54(48-57(71)53-74-51-56-40-42-58(73-11)43-41-56)30-27-39-65(72)69(7,8)66(75-52-55-28-17-12-18-29-55)50-60-49-59(78-70(9,10)79-60)45-47-77-81(68(4,5)6,63-35-23-15-24-36-63)64-37-25-16-26-38-64/h12-29,31-44,57,59-60,66,71H,30,45-53H2,1-11H3/b39-27+,54-44-/t57-,59+,60-,66+/m1/s1. The summed E-state index contributed by atoms with van der Waals surface area (Å²) in [5.74, 6) is -0.166. The number of methoxy groups -OCH3 is 1. The maximum Gasteiger partial charge on any atom is 0.261 e. The van der Waals surface area contributed by atoms with Crippen molar-refractivity contribution in [2.45, 2.75) is 155 Å². The van der Waals surface area contributed by atoms with Crippen LogP contribution < -0.4 is 25.5 Å². The summed E-state index contributed by atoms with van der Waals surface area (Å²) < 4.78 is 46.3. The van der Waals surface area contributed by atoms with Crippen molar-refractivity contribution in [1.82, 2.24) is 0 Å². The Morgan fingerprint density at radius 3 is 1.60 bits per heavy atom. The van der Waals surface area contributed by atoms with Crippen LogP contribution in [0.4, 0.5) is 0 Å². The fourth-order valence-corrected chi connectivity index (χ4v) is 20.7. The second kappa shape index (κ2) is 28.6. The molecule has 9 nitrogen and oxygen atoms in total. The molecule has 81 heavy (non-hydrogen) atoms. The van der Waals surface area contributed by atoms with Crippen LogP contribution in [0, 0.1) is 5.41 Å². The maximum atomic E-state index is 14.8. The van der Waals surface area contributed by atoms with Crippen LogP contribution in [0.3, 0.4) is 0 Å². The molecule has 0 spiro atoms. The normalized spacial score (nSPS) is 17.2. The van der Waals surface area contributed by atoms with Gasteiger partial charge >= 0.3 is 0 Å². The summed E-state index contributed by atoms with van der Waals surface area (Å²) in [5, 5.41) is 16.0. The molecule has 0 unspecified atom stereocenters. The predicted molar refractivity (Wildman–Crippen MR) is 334 cm³/mol. The Bertz CT molecular complexity index is 2800. The van der Waals surface area contributed by atoms with Gasteiger partial charge in [-0.15, -0.1) is 0 Å². The molecule has 11 heteroatoms. The molecule has 1 N–H and O–H groups in total. The van der Waals surface area contributed by atoms with Crippen molar-refractivity contribution in [3.8, 4) is 5.75 Å². The number of ether oxygens (including phenoxy) is 5. The summed E-state index contributed by atoms with van der Waals surface area (Å²) >= 11 is 0. The number of hydrogen-bond donors (Lipinski definition) is 1. The van der Waals surface area contributed by atoms with Crippen molar-refractivity contribution in [3.63, 3.8) is 0 Å². The minimum atomic E-state index is -2.87. The Kier molecular flexibility index (Phi) is 22.3. The van der Waals surface area contributed by atoms with Crippen LogP contribution >= 0.6 is 0 Å². The van der Waals surface area contributed by atoms with Crippen molar-refractivity contribution in [1.29, 1.82) is 0 Å². The summed E-state index contributed by atoms with van der Waals surface area (Å²) in [6, 6.07) is 60.5. The van der Waals surface area contributed by atoms with Gasteiger partial charge in [-0.3, -0.25) is 4.79 Å². The molecule has 6 aromatic rings. The minimum Gasteiger partial charge on any atom is -0.497 e. The van der Waals surface area contributed by atoms with Crippen LogP contribution in [0.2, 0.25) is 10.1 Å². The Hall–Kier alpha value is -5.58. The zero-order chi connectivity index (χ0) is 58.2. The zero-order valence-electron chi connectivity index (χ0n) is 50.1. The van der Waals surface area contributed by atoms with Crippen LogP contribution in [0.5, 0.6) is 5.75 Å². The highest BCUT2D eigenvalue weighted by atomic mass is 28.4. The van der Waals surface area contributed by atoms with Gasteiger partial charge in [-0.1, -0.05) is 237 Å². The van der Waals surface area contributed by atoms with Crippen LogP contribution in [0.25, 0.3) is 0 Å². The highest BCUT2D eigenvalue weighted by molar-refractivity contribution is 7.00. The molecule has 1 heterocycles. The van der Waals surface area contributed by atoms with Gasteiger partial charge in [-0.05, 0) is 93.3 Å². The molecule has 0 saturated carbocycles. The van der Waals surface area contributed by atoms with Gasteiger partial charge in [-0.25, -0.2) is 0 Å². The third-order valence-electron chi connectivity index (χ3n) is 15.8. The van der Waals surface area contributed by atoms with E-state index in [1.807, 2.05) is 101 Å². The van der Waals surface area contributed by atoms with Crippen molar-refractivity contribution in [2.24, 2.45) is 5.41 Å². The lowest BCUT2D eigenvalue weighted by Crippen LogP contribution is -2.66. The molecule has 0 amide bonds. The number of allylic oxidation sites excluding steroid dienone is 2. The van der Waals surface area contributed by atoms with Crippen molar-refractivity contribution >= 4 is 43.2 Å². The number of aliphatic hydroxyl groups excluding tert-OH is 1. The molecule has 1 aliphatic heterocycles. The number of ketones is 1. The molecular weight excluding hydrogens is 1040 g/mol. The first-order chi connectivity index (χ1) is 38.7. The van der Waals surface area contributed by atoms with E-state index in [0.29, 0.717) is 58.5 Å². The molecule has 6 aromatic carbocycles. The van der Waals surface area contributed by atoms with Crippen LogP contribution in [0.1, 0.15) is 112 Å². The zero-order valence-corrected chi connectivity index (χ0v) is 52.1. The van der Waals surface area contributed by atoms with E-state index in [1.165, 1.54) is 20.7 Å². The monoisotopic (exact) mass is 1130 g/mol. The topological polar surface area (TPSA) is 102 Å².